The van der Waals surface area contributed by atoms with E-state index < -0.39 is 76.0 Å². The molecule has 2 aliphatic rings. The van der Waals surface area contributed by atoms with Crippen molar-refractivity contribution in [2.45, 2.75) is 88.0 Å². The van der Waals surface area contributed by atoms with Gasteiger partial charge < -0.3 is 18.9 Å². The maximum Gasteiger partial charge on any atom is 0.405 e. The Bertz CT molecular complexity index is 864. The van der Waals surface area contributed by atoms with Crippen LogP contribution in [0.15, 0.2) is 0 Å². The van der Waals surface area contributed by atoms with Crippen molar-refractivity contribution < 1.29 is 59.9 Å². The summed E-state index contributed by atoms with van der Waals surface area (Å²) in [6.45, 7) is 2.32. The van der Waals surface area contributed by atoms with E-state index in [4.69, 9.17) is 18.8 Å². The molecule has 0 spiro atoms. The number of alkyl halides is 2. The minimum Gasteiger partial charge on any atom is -0.457 e. The zero-order chi connectivity index (χ0) is 24.3. The van der Waals surface area contributed by atoms with Gasteiger partial charge in [-0.3, -0.25) is 14.1 Å². The number of carbonyl (C=O) groups excluding carboxylic acids is 4. The second kappa shape index (κ2) is 9.65. The molecule has 1 saturated carbocycles. The summed E-state index contributed by atoms with van der Waals surface area (Å²) in [6, 6.07) is 0. The van der Waals surface area contributed by atoms with Gasteiger partial charge in [0.25, 0.3) is 0 Å². The third-order valence-electron chi connectivity index (χ3n) is 5.15. The van der Waals surface area contributed by atoms with Gasteiger partial charge in [0.1, 0.15) is 5.60 Å². The average Bonchev–Trinajstić information content (AvgIpc) is 3.25. The molecule has 1 heterocycles. The van der Waals surface area contributed by atoms with E-state index in [-0.39, 0.29) is 6.42 Å². The molecule has 1 aliphatic carbocycles. The molecule has 32 heavy (non-hydrogen) atoms. The Labute approximate surface area is 182 Å². The molecule has 0 radical (unpaired) electrons. The van der Waals surface area contributed by atoms with Crippen LogP contribution in [-0.2, 0) is 48.2 Å². The second-order valence-electron chi connectivity index (χ2n) is 7.89. The van der Waals surface area contributed by atoms with E-state index in [1.807, 2.05) is 0 Å². The standard InChI is InChI=1S/C18H24F2O11S/c1-10(18(19,20)32(25,26)27)28-13(21)5-6-14(22)29-11-9-12(30-15(11)23)16(24)31-17(2)7-3-4-8-17/h10-12H,3-9H2,1-2H3,(H,25,26,27). The molecule has 3 atom stereocenters. The van der Waals surface area contributed by atoms with Gasteiger partial charge in [0, 0.05) is 6.42 Å². The van der Waals surface area contributed by atoms with Crippen molar-refractivity contribution >= 4 is 34.0 Å². The van der Waals surface area contributed by atoms with Gasteiger partial charge in [0.05, 0.1) is 12.8 Å². The molecule has 0 amide bonds. The topological polar surface area (TPSA) is 160 Å². The number of esters is 4. The van der Waals surface area contributed by atoms with Gasteiger partial charge in [-0.25, -0.2) is 9.59 Å². The molecule has 3 unspecified atom stereocenters. The van der Waals surface area contributed by atoms with E-state index in [1.54, 1.807) is 6.92 Å². The third-order valence-corrected chi connectivity index (χ3v) is 6.17. The first-order chi connectivity index (χ1) is 14.6. The zero-order valence-electron chi connectivity index (χ0n) is 17.4. The molecule has 0 bridgehead atoms. The van der Waals surface area contributed by atoms with Crippen LogP contribution in [0.25, 0.3) is 0 Å². The van der Waals surface area contributed by atoms with Gasteiger partial charge in [-0.05, 0) is 39.5 Å². The van der Waals surface area contributed by atoms with Crippen LogP contribution in [0.2, 0.25) is 0 Å². The molecular formula is C18H24F2O11S. The number of halogens is 2. The maximum absolute atomic E-state index is 13.4. The second-order valence-corrected chi connectivity index (χ2v) is 9.38. The molecule has 182 valence electrons. The summed E-state index contributed by atoms with van der Waals surface area (Å²) in [6.07, 6.45) is -3.71. The number of cyclic esters (lactones) is 1. The first-order valence-electron chi connectivity index (χ1n) is 9.82. The summed E-state index contributed by atoms with van der Waals surface area (Å²) >= 11 is 0. The van der Waals surface area contributed by atoms with Crippen molar-refractivity contribution in [3.63, 3.8) is 0 Å². The van der Waals surface area contributed by atoms with E-state index in [9.17, 15) is 36.4 Å². The Morgan fingerprint density at radius 3 is 2.34 bits per heavy atom. The highest BCUT2D eigenvalue weighted by Gasteiger charge is 2.52. The molecule has 0 aromatic heterocycles. The fourth-order valence-corrected chi connectivity index (χ4v) is 3.75. The third kappa shape index (κ3) is 6.34. The van der Waals surface area contributed by atoms with Crippen LogP contribution in [0.3, 0.4) is 0 Å². The van der Waals surface area contributed by atoms with Crippen LogP contribution in [0.4, 0.5) is 8.78 Å². The number of carbonyl (C=O) groups is 4. The Kier molecular flexibility index (Phi) is 7.81. The lowest BCUT2D eigenvalue weighted by atomic mass is 10.1. The quantitative estimate of drug-likeness (QED) is 0.284. The van der Waals surface area contributed by atoms with E-state index in [0.29, 0.717) is 19.8 Å². The van der Waals surface area contributed by atoms with E-state index in [0.717, 1.165) is 12.8 Å². The van der Waals surface area contributed by atoms with Crippen molar-refractivity contribution in [2.24, 2.45) is 0 Å². The molecule has 14 heteroatoms. The van der Waals surface area contributed by atoms with Crippen LogP contribution in [0, 0.1) is 0 Å². The van der Waals surface area contributed by atoms with Crippen LogP contribution in [0.5, 0.6) is 0 Å². The summed E-state index contributed by atoms with van der Waals surface area (Å²) in [4.78, 5) is 47.5. The van der Waals surface area contributed by atoms with Crippen LogP contribution >= 0.6 is 0 Å². The predicted octanol–water partition coefficient (Wildman–Crippen LogP) is 1.28. The monoisotopic (exact) mass is 486 g/mol. The molecule has 0 aromatic carbocycles. The highest BCUT2D eigenvalue weighted by Crippen LogP contribution is 2.34. The van der Waals surface area contributed by atoms with Gasteiger partial charge in [0.2, 0.25) is 12.2 Å². The largest absolute Gasteiger partial charge is 0.457 e. The van der Waals surface area contributed by atoms with E-state index in [2.05, 4.69) is 4.74 Å². The molecule has 0 aromatic rings. The van der Waals surface area contributed by atoms with Crippen molar-refractivity contribution in [1.29, 1.82) is 0 Å². The molecule has 1 saturated heterocycles. The lowest BCUT2D eigenvalue weighted by Gasteiger charge is -2.25. The Hall–Kier alpha value is -2.35. The van der Waals surface area contributed by atoms with Crippen molar-refractivity contribution in [1.82, 2.24) is 0 Å². The number of hydrogen-bond acceptors (Lipinski definition) is 10. The van der Waals surface area contributed by atoms with Gasteiger partial charge in [-0.2, -0.15) is 17.2 Å². The van der Waals surface area contributed by atoms with Gasteiger partial charge >= 0.3 is 39.2 Å². The SMILES string of the molecule is CC(OC(=O)CCC(=O)OC1CC(C(=O)OC2(C)CCCC2)OC1=O)C(F)(F)S(=O)(=O)O. The first-order valence-corrected chi connectivity index (χ1v) is 11.3. The zero-order valence-corrected chi connectivity index (χ0v) is 18.2. The minimum atomic E-state index is -5.82. The lowest BCUT2D eigenvalue weighted by Crippen LogP contribution is -2.42. The van der Waals surface area contributed by atoms with Crippen molar-refractivity contribution in [3.8, 4) is 0 Å². The van der Waals surface area contributed by atoms with E-state index >= 15 is 0 Å². The molecular weight excluding hydrogens is 462 g/mol. The summed E-state index contributed by atoms with van der Waals surface area (Å²) in [5.41, 5.74) is -0.637. The molecule has 1 aliphatic heterocycles. The highest BCUT2D eigenvalue weighted by molar-refractivity contribution is 7.86. The lowest BCUT2D eigenvalue weighted by molar-refractivity contribution is -0.173. The van der Waals surface area contributed by atoms with Crippen LogP contribution < -0.4 is 0 Å². The highest BCUT2D eigenvalue weighted by atomic mass is 32.2. The minimum absolute atomic E-state index is 0.276. The van der Waals surface area contributed by atoms with Crippen molar-refractivity contribution in [2.75, 3.05) is 0 Å². The fraction of sp³-hybridized carbons (Fsp3) is 0.778. The summed E-state index contributed by atoms with van der Waals surface area (Å²) in [5.74, 6) is -4.16. The van der Waals surface area contributed by atoms with E-state index in [1.165, 1.54) is 0 Å². The molecule has 11 nitrogen and oxygen atoms in total. The van der Waals surface area contributed by atoms with Crippen LogP contribution in [-0.4, -0.2) is 66.0 Å². The molecule has 2 rings (SSSR count). The van der Waals surface area contributed by atoms with Crippen LogP contribution in [0.1, 0.15) is 58.8 Å². The summed E-state index contributed by atoms with van der Waals surface area (Å²) in [5, 5.41) is -4.74. The number of rotatable bonds is 9. The van der Waals surface area contributed by atoms with Gasteiger partial charge in [-0.1, -0.05) is 0 Å². The predicted molar refractivity (Wildman–Crippen MR) is 98.6 cm³/mol. The fourth-order valence-electron chi connectivity index (χ4n) is 3.29. The molecule has 1 N–H and O–H groups in total. The Morgan fingerprint density at radius 1 is 1.22 bits per heavy atom. The van der Waals surface area contributed by atoms with Gasteiger partial charge in [0.15, 0.2) is 6.10 Å². The van der Waals surface area contributed by atoms with Crippen molar-refractivity contribution in [3.05, 3.63) is 0 Å². The Morgan fingerprint density at radius 2 is 1.78 bits per heavy atom. The number of hydrogen-bond donors (Lipinski definition) is 1. The Balaban J connectivity index is 1.78. The molecule has 2 fully saturated rings. The summed E-state index contributed by atoms with van der Waals surface area (Å²) in [7, 11) is -5.82. The average molecular weight is 486 g/mol. The number of ether oxygens (including phenoxy) is 4. The maximum atomic E-state index is 13.4. The summed E-state index contributed by atoms with van der Waals surface area (Å²) < 4.78 is 75.8. The smallest absolute Gasteiger partial charge is 0.405 e. The van der Waals surface area contributed by atoms with Gasteiger partial charge in [-0.15, -0.1) is 0 Å². The normalized spacial score (nSPS) is 23.8. The first kappa shape index (κ1) is 25.9.